The number of H-pyrrole nitrogens is 1. The van der Waals surface area contributed by atoms with Gasteiger partial charge in [-0.25, -0.2) is 0 Å². The van der Waals surface area contributed by atoms with Crippen molar-refractivity contribution in [2.24, 2.45) is 0 Å². The van der Waals surface area contributed by atoms with Crippen LogP contribution in [0.15, 0.2) is 73.1 Å². The monoisotopic (exact) mass is 385 g/mol. The van der Waals surface area contributed by atoms with Crippen LogP contribution < -0.4 is 4.74 Å². The molecule has 0 radical (unpaired) electrons. The number of nitrogens with zero attached hydrogens (tertiary/aromatic N) is 2. The number of nitrogens with one attached hydrogen (secondary N) is 1. The van der Waals surface area contributed by atoms with Crippen LogP contribution in [0.25, 0.3) is 10.9 Å². The summed E-state index contributed by atoms with van der Waals surface area (Å²) in [6.45, 7) is 1.51. The number of aromatic amines is 1. The third-order valence-corrected chi connectivity index (χ3v) is 5.78. The minimum Gasteiger partial charge on any atom is -0.496 e. The summed E-state index contributed by atoms with van der Waals surface area (Å²) in [5.41, 5.74) is 4.25. The fourth-order valence-electron chi connectivity index (χ4n) is 4.43. The fourth-order valence-corrected chi connectivity index (χ4v) is 4.43. The standard InChI is InChI=1S/C24H23N3O2/c1-29-21-11-5-9-19-23(21)18(16-25-19)15-22(28)27-14-13-26-12-6-10-20(26)24(27)17-7-3-2-4-8-17/h2-12,16,24-25H,13-15H2,1H3. The van der Waals surface area contributed by atoms with Crippen molar-refractivity contribution in [2.75, 3.05) is 13.7 Å². The van der Waals surface area contributed by atoms with E-state index in [4.69, 9.17) is 4.74 Å². The maximum Gasteiger partial charge on any atom is 0.227 e. The number of hydrogen-bond donors (Lipinski definition) is 1. The number of carbonyl (C=O) groups is 1. The van der Waals surface area contributed by atoms with Gasteiger partial charge in [0.2, 0.25) is 5.91 Å². The summed E-state index contributed by atoms with van der Waals surface area (Å²) in [4.78, 5) is 18.8. The van der Waals surface area contributed by atoms with Gasteiger partial charge in [-0.3, -0.25) is 4.79 Å². The Bertz CT molecular complexity index is 1160. The number of fused-ring (bicyclic) bond motifs is 2. The molecule has 3 heterocycles. The topological polar surface area (TPSA) is 50.3 Å². The van der Waals surface area contributed by atoms with E-state index < -0.39 is 0 Å². The molecule has 1 N–H and O–H groups in total. The molecule has 1 amide bonds. The van der Waals surface area contributed by atoms with E-state index >= 15 is 0 Å². The van der Waals surface area contributed by atoms with Crippen molar-refractivity contribution in [3.63, 3.8) is 0 Å². The number of ether oxygens (including phenoxy) is 1. The molecule has 5 heteroatoms. The Kier molecular flexibility index (Phi) is 4.35. The van der Waals surface area contributed by atoms with Crippen molar-refractivity contribution in [1.82, 2.24) is 14.5 Å². The van der Waals surface area contributed by atoms with E-state index in [9.17, 15) is 4.79 Å². The highest BCUT2D eigenvalue weighted by molar-refractivity contribution is 5.93. The highest BCUT2D eigenvalue weighted by Crippen LogP contribution is 2.34. The number of benzene rings is 2. The van der Waals surface area contributed by atoms with E-state index in [2.05, 4.69) is 40.0 Å². The van der Waals surface area contributed by atoms with Crippen molar-refractivity contribution in [3.05, 3.63) is 89.9 Å². The zero-order valence-electron chi connectivity index (χ0n) is 16.3. The predicted molar refractivity (Wildman–Crippen MR) is 113 cm³/mol. The van der Waals surface area contributed by atoms with Crippen molar-refractivity contribution in [3.8, 4) is 5.75 Å². The summed E-state index contributed by atoms with van der Waals surface area (Å²) in [6, 6.07) is 20.3. The Balaban J connectivity index is 1.51. The first-order valence-electron chi connectivity index (χ1n) is 9.88. The maximum absolute atomic E-state index is 13.5. The molecule has 1 unspecified atom stereocenters. The average molecular weight is 385 g/mol. The van der Waals surface area contributed by atoms with Gasteiger partial charge in [0.15, 0.2) is 0 Å². The second-order valence-electron chi connectivity index (χ2n) is 7.40. The summed E-state index contributed by atoms with van der Waals surface area (Å²) >= 11 is 0. The van der Waals surface area contributed by atoms with Crippen LogP contribution >= 0.6 is 0 Å². The molecule has 0 spiro atoms. The zero-order valence-corrected chi connectivity index (χ0v) is 16.3. The van der Waals surface area contributed by atoms with Gasteiger partial charge in [-0.15, -0.1) is 0 Å². The Hall–Kier alpha value is -3.47. The average Bonchev–Trinajstić information content (AvgIpc) is 3.40. The quantitative estimate of drug-likeness (QED) is 0.574. The summed E-state index contributed by atoms with van der Waals surface area (Å²) in [7, 11) is 1.66. The molecule has 1 aliphatic rings. The van der Waals surface area contributed by atoms with E-state index in [0.29, 0.717) is 13.0 Å². The highest BCUT2D eigenvalue weighted by atomic mass is 16.5. The number of hydrogen-bond acceptors (Lipinski definition) is 2. The first-order chi connectivity index (χ1) is 14.3. The third kappa shape index (κ3) is 2.99. The smallest absolute Gasteiger partial charge is 0.227 e. The summed E-state index contributed by atoms with van der Waals surface area (Å²) in [6.07, 6.45) is 4.36. The van der Waals surface area contributed by atoms with Crippen LogP contribution in [-0.4, -0.2) is 34.0 Å². The van der Waals surface area contributed by atoms with Crippen molar-refractivity contribution in [1.29, 1.82) is 0 Å². The number of carbonyl (C=O) groups excluding carboxylic acids is 1. The van der Waals surface area contributed by atoms with E-state index in [0.717, 1.165) is 40.0 Å². The molecule has 5 rings (SSSR count). The lowest BCUT2D eigenvalue weighted by atomic mass is 9.99. The van der Waals surface area contributed by atoms with Gasteiger partial charge < -0.3 is 19.2 Å². The minimum atomic E-state index is -0.0699. The van der Waals surface area contributed by atoms with Crippen molar-refractivity contribution >= 4 is 16.8 Å². The number of rotatable bonds is 4. The molecular weight excluding hydrogens is 362 g/mol. The van der Waals surface area contributed by atoms with Gasteiger partial charge in [0.05, 0.1) is 19.6 Å². The van der Waals surface area contributed by atoms with Gasteiger partial charge in [-0.2, -0.15) is 0 Å². The Morgan fingerprint density at radius 2 is 1.93 bits per heavy atom. The van der Waals surface area contributed by atoms with Crippen LogP contribution in [0, 0.1) is 0 Å². The van der Waals surface area contributed by atoms with Crippen LogP contribution in [0.3, 0.4) is 0 Å². The first-order valence-corrected chi connectivity index (χ1v) is 9.88. The molecule has 5 nitrogen and oxygen atoms in total. The van der Waals surface area contributed by atoms with Crippen LogP contribution in [0.5, 0.6) is 5.75 Å². The lowest BCUT2D eigenvalue weighted by Crippen LogP contribution is -2.43. The predicted octanol–water partition coefficient (Wildman–Crippen LogP) is 4.15. The third-order valence-electron chi connectivity index (χ3n) is 5.78. The second-order valence-corrected chi connectivity index (χ2v) is 7.40. The van der Waals surface area contributed by atoms with Gasteiger partial charge in [-0.05, 0) is 35.4 Å². The summed E-state index contributed by atoms with van der Waals surface area (Å²) < 4.78 is 7.78. The largest absolute Gasteiger partial charge is 0.496 e. The maximum atomic E-state index is 13.5. The zero-order chi connectivity index (χ0) is 19.8. The van der Waals surface area contributed by atoms with Gasteiger partial charge in [-0.1, -0.05) is 36.4 Å². The van der Waals surface area contributed by atoms with E-state index in [1.54, 1.807) is 7.11 Å². The van der Waals surface area contributed by atoms with Crippen LogP contribution in [0.2, 0.25) is 0 Å². The Labute approximate surface area is 169 Å². The molecule has 0 saturated carbocycles. The first kappa shape index (κ1) is 17.6. The molecule has 4 aromatic rings. The van der Waals surface area contributed by atoms with Gasteiger partial charge >= 0.3 is 0 Å². The minimum absolute atomic E-state index is 0.0699. The molecule has 146 valence electrons. The molecule has 0 aliphatic carbocycles. The molecule has 1 atom stereocenters. The van der Waals surface area contributed by atoms with Crippen molar-refractivity contribution < 1.29 is 9.53 Å². The lowest BCUT2D eigenvalue weighted by molar-refractivity contribution is -0.133. The SMILES string of the molecule is COc1cccc2[nH]cc(CC(=O)N3CCn4cccc4C3c3ccccc3)c12. The molecule has 29 heavy (non-hydrogen) atoms. The Morgan fingerprint density at radius 3 is 2.76 bits per heavy atom. The number of aromatic nitrogens is 2. The Morgan fingerprint density at radius 1 is 1.07 bits per heavy atom. The highest BCUT2D eigenvalue weighted by Gasteiger charge is 2.32. The van der Waals surface area contributed by atoms with Crippen LogP contribution in [-0.2, 0) is 17.8 Å². The lowest BCUT2D eigenvalue weighted by Gasteiger charge is -2.37. The van der Waals surface area contributed by atoms with E-state index in [-0.39, 0.29) is 11.9 Å². The summed E-state index contributed by atoms with van der Waals surface area (Å²) in [5, 5.41) is 0.986. The van der Waals surface area contributed by atoms with Crippen LogP contribution in [0.1, 0.15) is 22.9 Å². The molecule has 2 aromatic carbocycles. The van der Waals surface area contributed by atoms with Gasteiger partial charge in [0.1, 0.15) is 5.75 Å². The second kappa shape index (κ2) is 7.17. The number of methoxy groups -OCH3 is 1. The molecule has 0 bridgehead atoms. The normalized spacial score (nSPS) is 16.0. The fraction of sp³-hybridized carbons (Fsp3) is 0.208. The molecule has 0 saturated heterocycles. The van der Waals surface area contributed by atoms with E-state index in [1.807, 2.05) is 47.5 Å². The molecule has 0 fully saturated rings. The van der Waals surface area contributed by atoms with Crippen LogP contribution in [0.4, 0.5) is 0 Å². The summed E-state index contributed by atoms with van der Waals surface area (Å²) in [5.74, 6) is 0.914. The van der Waals surface area contributed by atoms with Crippen molar-refractivity contribution in [2.45, 2.75) is 19.0 Å². The van der Waals surface area contributed by atoms with Gasteiger partial charge in [0, 0.05) is 42.1 Å². The molecule has 2 aromatic heterocycles. The van der Waals surface area contributed by atoms with Gasteiger partial charge in [0.25, 0.3) is 0 Å². The van der Waals surface area contributed by atoms with E-state index in [1.165, 1.54) is 0 Å². The molecule has 1 aliphatic heterocycles. The molecular formula is C24H23N3O2. The number of amides is 1.